The van der Waals surface area contributed by atoms with Crippen LogP contribution in [0.4, 0.5) is 4.48 Å². The van der Waals surface area contributed by atoms with Gasteiger partial charge in [-0.3, -0.25) is 19.1 Å². The topological polar surface area (TPSA) is 104 Å². The Morgan fingerprint density at radius 1 is 1.67 bits per heavy atom. The Morgan fingerprint density at radius 2 is 2.33 bits per heavy atom. The Labute approximate surface area is 82.1 Å². The summed E-state index contributed by atoms with van der Waals surface area (Å²) < 4.78 is 12.9. The molecule has 0 aliphatic carbocycles. The second-order valence-electron chi connectivity index (χ2n) is 2.76. The lowest BCUT2D eigenvalue weighted by Gasteiger charge is -2.09. The fourth-order valence-electron chi connectivity index (χ4n) is 0.944. The van der Waals surface area contributed by atoms with Gasteiger partial charge in [-0.05, 0) is 0 Å². The minimum atomic E-state index is -1.53. The molecular formula is C7H8FN3O4. The predicted molar refractivity (Wildman–Crippen MR) is 47.0 cm³/mol. The molecule has 8 heteroatoms. The summed E-state index contributed by atoms with van der Waals surface area (Å²) in [5, 5.41) is 8.49. The smallest absolute Gasteiger partial charge is 0.328 e. The number of nitrogens with one attached hydrogen (secondary N) is 2. The highest BCUT2D eigenvalue weighted by molar-refractivity contribution is 5.73. The van der Waals surface area contributed by atoms with Crippen LogP contribution >= 0.6 is 0 Å². The third-order valence-electron chi connectivity index (χ3n) is 1.71. The molecule has 1 heterocycles. The summed E-state index contributed by atoms with van der Waals surface area (Å²) in [6.07, 6.45) is 1.09. The van der Waals surface area contributed by atoms with Gasteiger partial charge >= 0.3 is 11.7 Å². The Hall–Kier alpha value is -1.96. The first-order valence-electron chi connectivity index (χ1n) is 3.93. The summed E-state index contributed by atoms with van der Waals surface area (Å²) in [6.45, 7) is -0.415. The van der Waals surface area contributed by atoms with Gasteiger partial charge in [-0.1, -0.05) is 0 Å². The molecule has 0 radical (unpaired) electrons. The minimum absolute atomic E-state index is 0.415. The maximum absolute atomic E-state index is 12.0. The van der Waals surface area contributed by atoms with Gasteiger partial charge in [-0.25, -0.2) is 4.79 Å². The van der Waals surface area contributed by atoms with Gasteiger partial charge in [0.1, 0.15) is 0 Å². The zero-order valence-corrected chi connectivity index (χ0v) is 7.44. The molecule has 0 amide bonds. The number of rotatable bonds is 4. The number of H-pyrrole nitrogens is 1. The number of aliphatic carboxylic acids is 1. The normalized spacial score (nSPS) is 12.3. The molecule has 0 spiro atoms. The van der Waals surface area contributed by atoms with Crippen LogP contribution in [0.2, 0.25) is 0 Å². The summed E-state index contributed by atoms with van der Waals surface area (Å²) >= 11 is 0. The second-order valence-corrected chi connectivity index (χ2v) is 2.76. The van der Waals surface area contributed by atoms with Crippen LogP contribution < -0.4 is 16.8 Å². The lowest BCUT2D eigenvalue weighted by atomic mass is 10.3. The van der Waals surface area contributed by atoms with Gasteiger partial charge in [0.15, 0.2) is 6.04 Å². The van der Waals surface area contributed by atoms with E-state index in [4.69, 9.17) is 5.11 Å². The summed E-state index contributed by atoms with van der Waals surface area (Å²) in [6, 6.07) is -0.493. The van der Waals surface area contributed by atoms with Crippen LogP contribution in [0.1, 0.15) is 0 Å². The largest absolute Gasteiger partial charge is 0.480 e. The van der Waals surface area contributed by atoms with Crippen LogP contribution in [0, 0.1) is 0 Å². The van der Waals surface area contributed by atoms with Crippen molar-refractivity contribution in [2.24, 2.45) is 0 Å². The minimum Gasteiger partial charge on any atom is -0.480 e. The highest BCUT2D eigenvalue weighted by atomic mass is 19.2. The lowest BCUT2D eigenvalue weighted by Crippen LogP contribution is -2.40. The van der Waals surface area contributed by atoms with Gasteiger partial charge in [0.25, 0.3) is 5.56 Å². The van der Waals surface area contributed by atoms with Crippen molar-refractivity contribution in [1.29, 1.82) is 0 Å². The number of carboxylic acid groups (broad SMARTS) is 1. The average Bonchev–Trinajstić information content (AvgIpc) is 2.16. The number of aromatic amines is 1. The van der Waals surface area contributed by atoms with Crippen LogP contribution in [0.25, 0.3) is 0 Å². The quantitative estimate of drug-likeness (QED) is 0.530. The Bertz CT molecular complexity index is 466. The first-order chi connectivity index (χ1) is 7.04. The first kappa shape index (κ1) is 11.1. The van der Waals surface area contributed by atoms with Gasteiger partial charge in [-0.2, -0.15) is 0 Å². The van der Waals surface area contributed by atoms with E-state index in [9.17, 15) is 18.9 Å². The molecule has 1 aromatic rings. The number of nitrogens with zero attached hydrogens (tertiary/aromatic N) is 1. The number of carboxylic acids is 1. The van der Waals surface area contributed by atoms with E-state index in [1.807, 2.05) is 4.98 Å². The van der Waals surface area contributed by atoms with Gasteiger partial charge in [0.05, 0.1) is 6.54 Å². The van der Waals surface area contributed by atoms with Crippen molar-refractivity contribution in [1.82, 2.24) is 15.1 Å². The molecule has 0 aromatic carbocycles. The maximum Gasteiger partial charge on any atom is 0.328 e. The maximum atomic E-state index is 12.0. The number of carbonyl (C=O) groups is 1. The van der Waals surface area contributed by atoms with Crippen molar-refractivity contribution < 1.29 is 14.4 Å². The SMILES string of the molecule is O=C(O)[C@H](Cn1ccc(=O)[nH]c1=O)NF. The number of aromatic nitrogens is 2. The Kier molecular flexibility index (Phi) is 3.34. The van der Waals surface area contributed by atoms with Crippen molar-refractivity contribution in [2.75, 3.05) is 0 Å². The van der Waals surface area contributed by atoms with Crippen molar-refractivity contribution >= 4 is 5.97 Å². The predicted octanol–water partition coefficient (Wildman–Crippen LogP) is -1.54. The van der Waals surface area contributed by atoms with E-state index in [1.54, 1.807) is 0 Å². The molecule has 0 unspecified atom stereocenters. The molecule has 0 saturated carbocycles. The summed E-state index contributed by atoms with van der Waals surface area (Å²) in [7, 11) is 0. The van der Waals surface area contributed by atoms with Gasteiger partial charge in [-0.15, -0.1) is 10.0 Å². The molecule has 15 heavy (non-hydrogen) atoms. The number of halogens is 1. The molecular weight excluding hydrogens is 209 g/mol. The van der Waals surface area contributed by atoms with Gasteiger partial charge in [0, 0.05) is 12.3 Å². The van der Waals surface area contributed by atoms with Crippen LogP contribution in [0.5, 0.6) is 0 Å². The van der Waals surface area contributed by atoms with Crippen LogP contribution in [0.3, 0.4) is 0 Å². The molecule has 0 aliphatic heterocycles. The molecule has 1 rings (SSSR count). The van der Waals surface area contributed by atoms with E-state index in [2.05, 4.69) is 0 Å². The molecule has 0 bridgehead atoms. The lowest BCUT2D eigenvalue weighted by molar-refractivity contribution is -0.141. The average molecular weight is 217 g/mol. The zero-order valence-electron chi connectivity index (χ0n) is 7.44. The summed E-state index contributed by atoms with van der Waals surface area (Å²) in [5.74, 6) is -1.43. The van der Waals surface area contributed by atoms with Gasteiger partial charge in [0.2, 0.25) is 0 Å². The summed E-state index contributed by atoms with van der Waals surface area (Å²) in [4.78, 5) is 34.1. The molecule has 82 valence electrons. The van der Waals surface area contributed by atoms with Crippen molar-refractivity contribution in [3.05, 3.63) is 33.1 Å². The molecule has 7 nitrogen and oxygen atoms in total. The molecule has 3 N–H and O–H groups in total. The van der Waals surface area contributed by atoms with Crippen LogP contribution in [-0.4, -0.2) is 26.7 Å². The molecule has 0 aliphatic rings. The highest BCUT2D eigenvalue weighted by Gasteiger charge is 2.17. The molecule has 1 atom stereocenters. The zero-order chi connectivity index (χ0) is 11.4. The third kappa shape index (κ3) is 2.74. The third-order valence-corrected chi connectivity index (χ3v) is 1.71. The van der Waals surface area contributed by atoms with E-state index in [0.29, 0.717) is 0 Å². The summed E-state index contributed by atoms with van der Waals surface area (Å²) in [5.41, 5.74) is -0.348. The van der Waals surface area contributed by atoms with Crippen molar-refractivity contribution in [2.45, 2.75) is 12.6 Å². The Morgan fingerprint density at radius 3 is 2.80 bits per heavy atom. The monoisotopic (exact) mass is 217 g/mol. The van der Waals surface area contributed by atoms with Crippen molar-refractivity contribution in [3.63, 3.8) is 0 Å². The van der Waals surface area contributed by atoms with E-state index >= 15 is 0 Å². The fraction of sp³-hybridized carbons (Fsp3) is 0.286. The number of hydrogen-bond donors (Lipinski definition) is 3. The van der Waals surface area contributed by atoms with E-state index in [-0.39, 0.29) is 0 Å². The molecule has 0 fully saturated rings. The Balaban J connectivity index is 2.94. The number of hydrogen-bond acceptors (Lipinski definition) is 4. The molecule has 0 saturated heterocycles. The van der Waals surface area contributed by atoms with Crippen LogP contribution in [-0.2, 0) is 11.3 Å². The van der Waals surface area contributed by atoms with E-state index in [1.165, 1.54) is 0 Å². The van der Waals surface area contributed by atoms with E-state index in [0.717, 1.165) is 22.4 Å². The van der Waals surface area contributed by atoms with Crippen molar-refractivity contribution in [3.8, 4) is 0 Å². The second kappa shape index (κ2) is 4.51. The first-order valence-corrected chi connectivity index (χ1v) is 3.93. The van der Waals surface area contributed by atoms with Crippen LogP contribution in [0.15, 0.2) is 21.9 Å². The van der Waals surface area contributed by atoms with Gasteiger partial charge < -0.3 is 5.11 Å². The standard InChI is InChI=1S/C7H8FN3O4/c8-10-4(6(13)14)3-11-2-1-5(12)9-7(11)15/h1-2,4,10H,3H2,(H,13,14)(H,9,12,15)/t4-/m0/s1. The fourth-order valence-corrected chi connectivity index (χ4v) is 0.944. The highest BCUT2D eigenvalue weighted by Crippen LogP contribution is 1.88. The molecule has 1 aromatic heterocycles. The van der Waals surface area contributed by atoms with E-state index < -0.39 is 29.8 Å².